The number of nitrogens with one attached hydrogen (secondary N) is 1. The van der Waals surface area contributed by atoms with E-state index in [0.717, 1.165) is 5.56 Å². The molecular weight excluding hydrogens is 293 g/mol. The SMILES string of the molecule is O=C(NCC(O)Cc1ccccc1)C1(c2ccccc2F)CC1. The van der Waals surface area contributed by atoms with Crippen molar-refractivity contribution in [3.8, 4) is 0 Å². The predicted molar refractivity (Wildman–Crippen MR) is 86.5 cm³/mol. The van der Waals surface area contributed by atoms with Crippen LogP contribution in [0, 0.1) is 5.82 Å². The van der Waals surface area contributed by atoms with Gasteiger partial charge in [-0.2, -0.15) is 0 Å². The molecule has 3 rings (SSSR count). The number of rotatable bonds is 6. The Morgan fingerprint density at radius 3 is 2.43 bits per heavy atom. The van der Waals surface area contributed by atoms with Gasteiger partial charge in [-0.15, -0.1) is 0 Å². The van der Waals surface area contributed by atoms with Crippen molar-refractivity contribution in [3.63, 3.8) is 0 Å². The van der Waals surface area contributed by atoms with Crippen LogP contribution >= 0.6 is 0 Å². The van der Waals surface area contributed by atoms with Crippen LogP contribution in [0.5, 0.6) is 0 Å². The molecule has 3 nitrogen and oxygen atoms in total. The van der Waals surface area contributed by atoms with Crippen LogP contribution in [-0.2, 0) is 16.6 Å². The molecule has 2 N–H and O–H groups in total. The quantitative estimate of drug-likeness (QED) is 0.861. The molecule has 0 heterocycles. The summed E-state index contributed by atoms with van der Waals surface area (Å²) < 4.78 is 13.9. The van der Waals surface area contributed by atoms with Crippen molar-refractivity contribution in [1.29, 1.82) is 0 Å². The Bertz CT molecular complexity index is 683. The van der Waals surface area contributed by atoms with Crippen LogP contribution < -0.4 is 5.32 Å². The van der Waals surface area contributed by atoms with Gasteiger partial charge in [0, 0.05) is 18.5 Å². The first-order chi connectivity index (χ1) is 11.1. The first kappa shape index (κ1) is 15.7. The summed E-state index contributed by atoms with van der Waals surface area (Å²) in [5.41, 5.74) is 0.720. The lowest BCUT2D eigenvalue weighted by Gasteiger charge is -2.18. The fourth-order valence-electron chi connectivity index (χ4n) is 2.93. The standard InChI is InChI=1S/C19H20FNO2/c20-17-9-5-4-8-16(17)19(10-11-19)18(23)21-13-15(22)12-14-6-2-1-3-7-14/h1-9,15,22H,10-13H2,(H,21,23). The van der Waals surface area contributed by atoms with E-state index in [4.69, 9.17) is 0 Å². The molecule has 0 saturated heterocycles. The van der Waals surface area contributed by atoms with E-state index in [2.05, 4.69) is 5.32 Å². The molecule has 4 heteroatoms. The number of hydrogen-bond acceptors (Lipinski definition) is 2. The number of carbonyl (C=O) groups excluding carboxylic acids is 1. The van der Waals surface area contributed by atoms with Crippen molar-refractivity contribution in [2.45, 2.75) is 30.8 Å². The van der Waals surface area contributed by atoms with Crippen molar-refractivity contribution >= 4 is 5.91 Å². The number of aliphatic hydroxyl groups excluding tert-OH is 1. The third-order valence-electron chi connectivity index (χ3n) is 4.39. The molecule has 0 aliphatic heterocycles. The van der Waals surface area contributed by atoms with Crippen LogP contribution in [0.15, 0.2) is 54.6 Å². The second-order valence-electron chi connectivity index (χ2n) is 6.12. The second kappa shape index (κ2) is 6.50. The summed E-state index contributed by atoms with van der Waals surface area (Å²) in [5.74, 6) is -0.542. The highest BCUT2D eigenvalue weighted by Crippen LogP contribution is 2.49. The Labute approximate surface area is 135 Å². The summed E-state index contributed by atoms with van der Waals surface area (Å²) in [6.07, 6.45) is 1.12. The lowest BCUT2D eigenvalue weighted by atomic mass is 9.94. The molecule has 2 aromatic rings. The highest BCUT2D eigenvalue weighted by Gasteiger charge is 2.52. The van der Waals surface area contributed by atoms with Crippen molar-refractivity contribution in [2.75, 3.05) is 6.54 Å². The minimum atomic E-state index is -0.752. The maximum absolute atomic E-state index is 13.9. The van der Waals surface area contributed by atoms with E-state index in [9.17, 15) is 14.3 Å². The van der Waals surface area contributed by atoms with Crippen LogP contribution in [0.2, 0.25) is 0 Å². The van der Waals surface area contributed by atoms with Gasteiger partial charge in [-0.25, -0.2) is 4.39 Å². The van der Waals surface area contributed by atoms with Gasteiger partial charge in [-0.3, -0.25) is 4.79 Å². The van der Waals surface area contributed by atoms with Gasteiger partial charge in [-0.05, 0) is 24.5 Å². The van der Waals surface area contributed by atoms with E-state index < -0.39 is 11.5 Å². The van der Waals surface area contributed by atoms with Crippen LogP contribution in [0.4, 0.5) is 4.39 Å². The summed E-state index contributed by atoms with van der Waals surface area (Å²) in [6, 6.07) is 16.0. The monoisotopic (exact) mass is 313 g/mol. The Kier molecular flexibility index (Phi) is 4.44. The van der Waals surface area contributed by atoms with Crippen LogP contribution in [0.25, 0.3) is 0 Å². The molecule has 0 spiro atoms. The van der Waals surface area contributed by atoms with Crippen LogP contribution in [0.1, 0.15) is 24.0 Å². The van der Waals surface area contributed by atoms with Gasteiger partial charge in [0.05, 0.1) is 11.5 Å². The lowest BCUT2D eigenvalue weighted by molar-refractivity contribution is -0.124. The Morgan fingerprint density at radius 2 is 1.78 bits per heavy atom. The molecule has 1 aliphatic carbocycles. The molecule has 1 amide bonds. The number of carbonyl (C=O) groups is 1. The molecule has 1 saturated carbocycles. The van der Waals surface area contributed by atoms with Gasteiger partial charge in [0.25, 0.3) is 0 Å². The maximum Gasteiger partial charge on any atom is 0.230 e. The second-order valence-corrected chi connectivity index (χ2v) is 6.12. The minimum absolute atomic E-state index is 0.171. The lowest BCUT2D eigenvalue weighted by Crippen LogP contribution is -2.40. The zero-order valence-corrected chi connectivity index (χ0v) is 12.8. The summed E-state index contributed by atoms with van der Waals surface area (Å²) in [5, 5.41) is 12.8. The van der Waals surface area contributed by atoms with Gasteiger partial charge in [0.15, 0.2) is 0 Å². The van der Waals surface area contributed by atoms with Gasteiger partial charge < -0.3 is 10.4 Å². The molecule has 2 aromatic carbocycles. The molecule has 1 unspecified atom stereocenters. The van der Waals surface area contributed by atoms with Crippen molar-refractivity contribution < 1.29 is 14.3 Å². The van der Waals surface area contributed by atoms with E-state index in [-0.39, 0.29) is 18.3 Å². The number of hydrogen-bond donors (Lipinski definition) is 2. The maximum atomic E-state index is 13.9. The molecule has 120 valence electrons. The van der Waals surface area contributed by atoms with Crippen LogP contribution in [0.3, 0.4) is 0 Å². The third kappa shape index (κ3) is 3.42. The summed E-state index contributed by atoms with van der Waals surface area (Å²) >= 11 is 0. The fourth-order valence-corrected chi connectivity index (χ4v) is 2.93. The van der Waals surface area contributed by atoms with Gasteiger partial charge in [0.2, 0.25) is 5.91 Å². The average molecular weight is 313 g/mol. The van der Waals surface area contributed by atoms with Gasteiger partial charge in [0.1, 0.15) is 5.82 Å². The third-order valence-corrected chi connectivity index (χ3v) is 4.39. The Hall–Kier alpha value is -2.20. The summed E-state index contributed by atoms with van der Waals surface area (Å²) in [7, 11) is 0. The van der Waals surface area contributed by atoms with Gasteiger partial charge in [-0.1, -0.05) is 48.5 Å². The molecule has 1 aliphatic rings. The Morgan fingerprint density at radius 1 is 1.13 bits per heavy atom. The van der Waals surface area contributed by atoms with E-state index in [1.165, 1.54) is 6.07 Å². The van der Waals surface area contributed by atoms with E-state index in [0.29, 0.717) is 24.8 Å². The van der Waals surface area contributed by atoms with Crippen molar-refractivity contribution in [2.24, 2.45) is 0 Å². The first-order valence-corrected chi connectivity index (χ1v) is 7.87. The number of aliphatic hydroxyl groups is 1. The highest BCUT2D eigenvalue weighted by molar-refractivity contribution is 5.91. The van der Waals surface area contributed by atoms with Crippen LogP contribution in [-0.4, -0.2) is 23.7 Å². The Balaban J connectivity index is 1.58. The van der Waals surface area contributed by atoms with E-state index >= 15 is 0 Å². The largest absolute Gasteiger partial charge is 0.391 e. The van der Waals surface area contributed by atoms with Gasteiger partial charge >= 0.3 is 0 Å². The first-order valence-electron chi connectivity index (χ1n) is 7.87. The average Bonchev–Trinajstić information content (AvgIpc) is 3.36. The molecule has 0 aromatic heterocycles. The summed E-state index contributed by atoms with van der Waals surface area (Å²) in [6.45, 7) is 0.171. The number of benzene rings is 2. The fraction of sp³-hybridized carbons (Fsp3) is 0.316. The number of halogens is 1. The zero-order chi connectivity index (χ0) is 16.3. The normalized spacial score (nSPS) is 16.6. The summed E-state index contributed by atoms with van der Waals surface area (Å²) in [4.78, 5) is 12.4. The molecular formula is C19H20FNO2. The number of amides is 1. The minimum Gasteiger partial charge on any atom is -0.391 e. The molecule has 0 bridgehead atoms. The smallest absolute Gasteiger partial charge is 0.230 e. The molecule has 1 fully saturated rings. The highest BCUT2D eigenvalue weighted by atomic mass is 19.1. The topological polar surface area (TPSA) is 49.3 Å². The molecule has 1 atom stereocenters. The molecule has 23 heavy (non-hydrogen) atoms. The van der Waals surface area contributed by atoms with E-state index in [1.807, 2.05) is 30.3 Å². The van der Waals surface area contributed by atoms with Crippen molar-refractivity contribution in [3.05, 3.63) is 71.5 Å². The zero-order valence-electron chi connectivity index (χ0n) is 12.8. The van der Waals surface area contributed by atoms with Crippen molar-refractivity contribution in [1.82, 2.24) is 5.32 Å². The predicted octanol–water partition coefficient (Wildman–Crippen LogP) is 2.58. The molecule has 0 radical (unpaired) electrons. The van der Waals surface area contributed by atoms with E-state index in [1.54, 1.807) is 18.2 Å².